The second-order valence-electron chi connectivity index (χ2n) is 6.45. The fourth-order valence-corrected chi connectivity index (χ4v) is 3.72. The summed E-state index contributed by atoms with van der Waals surface area (Å²) in [5, 5.41) is 6.94. The molecule has 0 aliphatic rings. The summed E-state index contributed by atoms with van der Waals surface area (Å²) < 4.78 is 6.76. The fourth-order valence-electron chi connectivity index (χ4n) is 2.79. The molecule has 150 valence electrons. The molecule has 0 saturated heterocycles. The highest BCUT2D eigenvalue weighted by molar-refractivity contribution is 7.22. The Balaban J connectivity index is 1.40. The standard InChI is InChI=1S/C23H20N4O2S/c1-2-5-22(28)25-17-9-12-20-21(14-17)30-23(27-20)26-16-7-10-19(11-8-16)29-15-18-6-3-4-13-24-18/h2-14H,15H2,1H3,(H,25,28)(H,26,27). The normalized spacial score (nSPS) is 11.0. The van der Waals surface area contributed by atoms with Crippen LogP contribution in [0.1, 0.15) is 12.6 Å². The van der Waals surface area contributed by atoms with Gasteiger partial charge in [0.05, 0.1) is 15.9 Å². The van der Waals surface area contributed by atoms with Crippen LogP contribution < -0.4 is 15.4 Å². The topological polar surface area (TPSA) is 76.1 Å². The van der Waals surface area contributed by atoms with E-state index in [0.29, 0.717) is 6.61 Å². The number of hydrogen-bond acceptors (Lipinski definition) is 6. The predicted molar refractivity (Wildman–Crippen MR) is 121 cm³/mol. The number of rotatable bonds is 7. The van der Waals surface area contributed by atoms with Crippen LogP contribution in [0.25, 0.3) is 10.2 Å². The average molecular weight is 417 g/mol. The Morgan fingerprint density at radius 3 is 2.70 bits per heavy atom. The average Bonchev–Trinajstić information content (AvgIpc) is 3.15. The fraction of sp³-hybridized carbons (Fsp3) is 0.0870. The number of allylic oxidation sites excluding steroid dienone is 1. The lowest BCUT2D eigenvalue weighted by Gasteiger charge is -2.07. The zero-order chi connectivity index (χ0) is 20.8. The number of ether oxygens (including phenoxy) is 1. The van der Waals surface area contributed by atoms with Gasteiger partial charge in [0.15, 0.2) is 5.13 Å². The summed E-state index contributed by atoms with van der Waals surface area (Å²) in [6, 6.07) is 19.1. The number of pyridine rings is 1. The summed E-state index contributed by atoms with van der Waals surface area (Å²) in [5.74, 6) is 0.627. The number of anilines is 3. The van der Waals surface area contributed by atoms with Crippen molar-refractivity contribution in [3.8, 4) is 5.75 Å². The van der Waals surface area contributed by atoms with Crippen LogP contribution in [0.15, 0.2) is 79.0 Å². The molecular formula is C23H20N4O2S. The lowest BCUT2D eigenvalue weighted by atomic mass is 10.3. The van der Waals surface area contributed by atoms with E-state index < -0.39 is 0 Å². The number of carbonyl (C=O) groups is 1. The Kier molecular flexibility index (Phi) is 6.01. The highest BCUT2D eigenvalue weighted by atomic mass is 32.1. The van der Waals surface area contributed by atoms with Gasteiger partial charge in [0.25, 0.3) is 0 Å². The minimum Gasteiger partial charge on any atom is -0.487 e. The molecule has 0 radical (unpaired) electrons. The molecule has 30 heavy (non-hydrogen) atoms. The summed E-state index contributed by atoms with van der Waals surface area (Å²) >= 11 is 1.53. The molecule has 0 atom stereocenters. The van der Waals surface area contributed by atoms with Crippen LogP contribution in [0.3, 0.4) is 0 Å². The number of benzene rings is 2. The molecule has 4 rings (SSSR count). The van der Waals surface area contributed by atoms with Crippen LogP contribution in [-0.2, 0) is 11.4 Å². The molecule has 4 aromatic rings. The monoisotopic (exact) mass is 416 g/mol. The first-order valence-electron chi connectivity index (χ1n) is 9.44. The first-order chi connectivity index (χ1) is 14.7. The van der Waals surface area contributed by atoms with Crippen molar-refractivity contribution in [1.82, 2.24) is 9.97 Å². The molecular weight excluding hydrogens is 396 g/mol. The Bertz CT molecular complexity index is 1170. The van der Waals surface area contributed by atoms with Crippen molar-refractivity contribution in [3.05, 3.63) is 84.7 Å². The quantitative estimate of drug-likeness (QED) is 0.388. The van der Waals surface area contributed by atoms with E-state index in [1.807, 2.05) is 67.6 Å². The van der Waals surface area contributed by atoms with Gasteiger partial charge < -0.3 is 15.4 Å². The zero-order valence-corrected chi connectivity index (χ0v) is 17.1. The Morgan fingerprint density at radius 1 is 1.10 bits per heavy atom. The second kappa shape index (κ2) is 9.19. The number of nitrogens with zero attached hydrogens (tertiary/aromatic N) is 2. The maximum absolute atomic E-state index is 11.7. The lowest BCUT2D eigenvalue weighted by Crippen LogP contribution is -2.07. The molecule has 1 amide bonds. The second-order valence-corrected chi connectivity index (χ2v) is 7.48. The van der Waals surface area contributed by atoms with E-state index in [2.05, 4.69) is 20.6 Å². The Hall–Kier alpha value is -3.71. The van der Waals surface area contributed by atoms with Gasteiger partial charge in [0.2, 0.25) is 5.91 Å². The van der Waals surface area contributed by atoms with Crippen molar-refractivity contribution < 1.29 is 9.53 Å². The van der Waals surface area contributed by atoms with Crippen LogP contribution in [0.4, 0.5) is 16.5 Å². The van der Waals surface area contributed by atoms with Crippen LogP contribution in [0.2, 0.25) is 0 Å². The van der Waals surface area contributed by atoms with E-state index in [1.54, 1.807) is 12.3 Å². The van der Waals surface area contributed by atoms with Gasteiger partial charge in [0.1, 0.15) is 12.4 Å². The largest absolute Gasteiger partial charge is 0.487 e. The highest BCUT2D eigenvalue weighted by Crippen LogP contribution is 2.30. The smallest absolute Gasteiger partial charge is 0.248 e. The number of nitrogens with one attached hydrogen (secondary N) is 2. The summed E-state index contributed by atoms with van der Waals surface area (Å²) in [7, 11) is 0. The number of aromatic nitrogens is 2. The van der Waals surface area contributed by atoms with Gasteiger partial charge in [-0.25, -0.2) is 4.98 Å². The van der Waals surface area contributed by atoms with Crippen molar-refractivity contribution in [2.45, 2.75) is 13.5 Å². The number of thiazole rings is 1. The van der Waals surface area contributed by atoms with Crippen molar-refractivity contribution in [2.24, 2.45) is 0 Å². The molecule has 0 spiro atoms. The third-order valence-corrected chi connectivity index (χ3v) is 5.13. The van der Waals surface area contributed by atoms with E-state index in [-0.39, 0.29) is 5.91 Å². The Morgan fingerprint density at radius 2 is 1.93 bits per heavy atom. The third-order valence-electron chi connectivity index (χ3n) is 4.19. The molecule has 0 aliphatic carbocycles. The molecule has 0 bridgehead atoms. The number of amides is 1. The summed E-state index contributed by atoms with van der Waals surface area (Å²) in [6.45, 7) is 2.24. The first kappa shape index (κ1) is 19.6. The molecule has 0 unspecified atom stereocenters. The van der Waals surface area contributed by atoms with Gasteiger partial charge in [0, 0.05) is 17.6 Å². The summed E-state index contributed by atoms with van der Waals surface area (Å²) in [5.41, 5.74) is 3.42. The van der Waals surface area contributed by atoms with E-state index in [4.69, 9.17) is 4.74 Å². The maximum atomic E-state index is 11.7. The zero-order valence-electron chi connectivity index (χ0n) is 16.3. The van der Waals surface area contributed by atoms with Gasteiger partial charge in [-0.2, -0.15) is 0 Å². The molecule has 0 aliphatic heterocycles. The third kappa shape index (κ3) is 5.01. The first-order valence-corrected chi connectivity index (χ1v) is 10.3. The van der Waals surface area contributed by atoms with E-state index in [0.717, 1.165) is 38.2 Å². The molecule has 2 aromatic carbocycles. The van der Waals surface area contributed by atoms with Gasteiger partial charge in [-0.05, 0) is 67.6 Å². The minimum absolute atomic E-state index is 0.148. The lowest BCUT2D eigenvalue weighted by molar-refractivity contribution is -0.111. The van der Waals surface area contributed by atoms with Gasteiger partial charge in [-0.3, -0.25) is 9.78 Å². The van der Waals surface area contributed by atoms with E-state index >= 15 is 0 Å². The van der Waals surface area contributed by atoms with Gasteiger partial charge in [-0.1, -0.05) is 23.5 Å². The molecule has 0 saturated carbocycles. The Labute approximate surface area is 178 Å². The van der Waals surface area contributed by atoms with Crippen LogP contribution >= 0.6 is 11.3 Å². The van der Waals surface area contributed by atoms with E-state index in [1.165, 1.54) is 17.4 Å². The van der Waals surface area contributed by atoms with Crippen molar-refractivity contribution >= 4 is 44.0 Å². The molecule has 0 fully saturated rings. The van der Waals surface area contributed by atoms with Crippen LogP contribution in [0, 0.1) is 0 Å². The predicted octanol–water partition coefficient (Wildman–Crippen LogP) is 5.53. The molecule has 6 nitrogen and oxygen atoms in total. The number of fused-ring (bicyclic) bond motifs is 1. The van der Waals surface area contributed by atoms with Crippen molar-refractivity contribution in [2.75, 3.05) is 10.6 Å². The molecule has 7 heteroatoms. The van der Waals surface area contributed by atoms with Crippen molar-refractivity contribution in [3.63, 3.8) is 0 Å². The molecule has 2 aromatic heterocycles. The van der Waals surface area contributed by atoms with Gasteiger partial charge in [-0.15, -0.1) is 0 Å². The minimum atomic E-state index is -0.148. The van der Waals surface area contributed by atoms with E-state index in [9.17, 15) is 4.79 Å². The summed E-state index contributed by atoms with van der Waals surface area (Å²) in [4.78, 5) is 20.6. The molecule has 2 N–H and O–H groups in total. The van der Waals surface area contributed by atoms with Crippen molar-refractivity contribution in [1.29, 1.82) is 0 Å². The van der Waals surface area contributed by atoms with Crippen LogP contribution in [0.5, 0.6) is 5.75 Å². The van der Waals surface area contributed by atoms with Gasteiger partial charge >= 0.3 is 0 Å². The molecule has 2 heterocycles. The number of hydrogen-bond donors (Lipinski definition) is 2. The number of carbonyl (C=O) groups excluding carboxylic acids is 1. The highest BCUT2D eigenvalue weighted by Gasteiger charge is 2.07. The van der Waals surface area contributed by atoms with Crippen LogP contribution in [-0.4, -0.2) is 15.9 Å². The summed E-state index contributed by atoms with van der Waals surface area (Å²) in [6.07, 6.45) is 4.95. The SMILES string of the molecule is CC=CC(=O)Nc1ccc2nc(Nc3ccc(OCc4ccccn4)cc3)sc2c1. The maximum Gasteiger partial charge on any atom is 0.248 e.